The van der Waals surface area contributed by atoms with Gasteiger partial charge in [0.1, 0.15) is 17.9 Å². The van der Waals surface area contributed by atoms with E-state index in [9.17, 15) is 24.0 Å². The molecule has 1 aromatic carbocycles. The molecule has 0 radical (unpaired) electrons. The quantitative estimate of drug-likeness (QED) is 0.249. The predicted molar refractivity (Wildman–Crippen MR) is 206 cm³/mol. The van der Waals surface area contributed by atoms with Crippen LogP contribution in [-0.4, -0.2) is 99.5 Å². The molecule has 5 heterocycles. The standard InChI is InChI=1S/C40H50N8O7/c1-23(2)34(44-39(52)54-5)37(50)47-16-7-9-31(47)29-19-27(21-41-29)26-15-18-46(33(49)20-26)28-13-11-25(12-14-28)30-22-42-36(43-30)32-10-8-17-48(32)38(51)35(24(3)4)45-40(53)55-6/h11-15,18,20-24,31-32,34-35H,7-10,16-17,19H2,1-6H3,(H,42,43)(H,44,52)(H,45,53)/t31-,32-,34?,35-/m0/s1. The van der Waals surface area contributed by atoms with Crippen LogP contribution in [0.25, 0.3) is 22.5 Å². The molecule has 6 rings (SSSR count). The number of nitrogens with zero attached hydrogens (tertiary/aromatic N) is 5. The van der Waals surface area contributed by atoms with Crippen molar-refractivity contribution >= 4 is 35.3 Å². The second-order valence-electron chi connectivity index (χ2n) is 14.9. The molecule has 0 bridgehead atoms. The number of nitrogens with one attached hydrogen (secondary N) is 3. The fourth-order valence-corrected chi connectivity index (χ4v) is 7.62. The predicted octanol–water partition coefficient (Wildman–Crippen LogP) is 4.83. The molecule has 0 aliphatic carbocycles. The fraction of sp³-hybridized carbons (Fsp3) is 0.475. The summed E-state index contributed by atoms with van der Waals surface area (Å²) in [6.45, 7) is 8.68. The van der Waals surface area contributed by atoms with Gasteiger partial charge in [-0.1, -0.05) is 39.8 Å². The van der Waals surface area contributed by atoms with Gasteiger partial charge in [0.15, 0.2) is 0 Å². The number of benzene rings is 1. The van der Waals surface area contributed by atoms with Gasteiger partial charge in [-0.3, -0.25) is 23.9 Å². The molecule has 4 atom stereocenters. The third-order valence-corrected chi connectivity index (χ3v) is 10.7. The van der Waals surface area contributed by atoms with E-state index in [2.05, 4.69) is 20.6 Å². The number of rotatable bonds is 11. The van der Waals surface area contributed by atoms with Crippen molar-refractivity contribution in [3.63, 3.8) is 0 Å². The number of allylic oxidation sites excluding steroid dienone is 1. The lowest BCUT2D eigenvalue weighted by Gasteiger charge is -2.31. The average Bonchev–Trinajstić information content (AvgIpc) is 4.02. The van der Waals surface area contributed by atoms with E-state index >= 15 is 0 Å². The normalized spacial score (nSPS) is 19.3. The Hall–Kier alpha value is -5.73. The zero-order valence-electron chi connectivity index (χ0n) is 32.2. The lowest BCUT2D eigenvalue weighted by molar-refractivity contribution is -0.135. The van der Waals surface area contributed by atoms with E-state index in [0.29, 0.717) is 31.0 Å². The Bertz CT molecular complexity index is 2030. The first-order valence-electron chi connectivity index (χ1n) is 18.8. The second-order valence-corrected chi connectivity index (χ2v) is 14.9. The van der Waals surface area contributed by atoms with Gasteiger partial charge in [-0.15, -0.1) is 0 Å². The van der Waals surface area contributed by atoms with E-state index in [0.717, 1.165) is 53.8 Å². The molecule has 1 unspecified atom stereocenters. The van der Waals surface area contributed by atoms with Crippen LogP contribution in [0.2, 0.25) is 0 Å². The summed E-state index contributed by atoms with van der Waals surface area (Å²) in [5.41, 5.74) is 4.69. The van der Waals surface area contributed by atoms with Crippen molar-refractivity contribution in [3.05, 3.63) is 76.7 Å². The van der Waals surface area contributed by atoms with Crippen molar-refractivity contribution < 1.29 is 28.7 Å². The number of alkyl carbamates (subject to hydrolysis) is 2. The minimum absolute atomic E-state index is 0.123. The Morgan fingerprint density at radius 1 is 0.818 bits per heavy atom. The van der Waals surface area contributed by atoms with Crippen LogP contribution in [0.4, 0.5) is 9.59 Å². The number of aliphatic imine (C=N–C) groups is 1. The molecule has 15 heteroatoms. The van der Waals surface area contributed by atoms with Crippen LogP contribution in [0.15, 0.2) is 64.8 Å². The summed E-state index contributed by atoms with van der Waals surface area (Å²) >= 11 is 0. The summed E-state index contributed by atoms with van der Waals surface area (Å²) < 4.78 is 11.1. The number of carbonyl (C=O) groups excluding carboxylic acids is 4. The summed E-state index contributed by atoms with van der Waals surface area (Å²) in [6.07, 6.45) is 7.68. The van der Waals surface area contributed by atoms with E-state index in [1.165, 1.54) is 14.2 Å². The van der Waals surface area contributed by atoms with Crippen molar-refractivity contribution in [1.29, 1.82) is 0 Å². The topological polar surface area (TPSA) is 180 Å². The first kappa shape index (κ1) is 39.0. The number of methoxy groups -OCH3 is 2. The van der Waals surface area contributed by atoms with Gasteiger partial charge in [0.25, 0.3) is 5.56 Å². The number of H-pyrrole nitrogens is 1. The minimum Gasteiger partial charge on any atom is -0.453 e. The lowest BCUT2D eigenvalue weighted by Crippen LogP contribution is -2.53. The Morgan fingerprint density at radius 3 is 1.96 bits per heavy atom. The molecule has 3 aliphatic heterocycles. The third-order valence-electron chi connectivity index (χ3n) is 10.7. The highest BCUT2D eigenvalue weighted by Crippen LogP contribution is 2.33. The maximum atomic E-state index is 13.5. The number of likely N-dealkylation sites (tertiary alicyclic amines) is 2. The van der Waals surface area contributed by atoms with Crippen LogP contribution in [-0.2, 0) is 19.1 Å². The number of hydrogen-bond donors (Lipinski definition) is 3. The van der Waals surface area contributed by atoms with Crippen LogP contribution in [0.5, 0.6) is 0 Å². The number of aromatic nitrogens is 3. The number of ether oxygens (including phenoxy) is 2. The summed E-state index contributed by atoms with van der Waals surface area (Å²) in [5.74, 6) is 0.103. The molecule has 2 saturated heterocycles. The van der Waals surface area contributed by atoms with Gasteiger partial charge < -0.3 is 34.9 Å². The third kappa shape index (κ3) is 8.35. The highest BCUT2D eigenvalue weighted by atomic mass is 16.5. The van der Waals surface area contributed by atoms with Crippen molar-refractivity contribution in [2.75, 3.05) is 27.3 Å². The molecule has 4 amide bonds. The highest BCUT2D eigenvalue weighted by Gasteiger charge is 2.39. The zero-order chi connectivity index (χ0) is 39.4. The summed E-state index contributed by atoms with van der Waals surface area (Å²) in [5, 5.41) is 5.36. The Kier molecular flexibility index (Phi) is 11.9. The highest BCUT2D eigenvalue weighted by molar-refractivity contribution is 6.03. The van der Waals surface area contributed by atoms with Gasteiger partial charge in [-0.2, -0.15) is 0 Å². The van der Waals surface area contributed by atoms with Gasteiger partial charge >= 0.3 is 12.2 Å². The fourth-order valence-electron chi connectivity index (χ4n) is 7.62. The number of carbonyl (C=O) groups is 4. The second kappa shape index (κ2) is 16.7. The largest absolute Gasteiger partial charge is 0.453 e. The minimum atomic E-state index is -0.713. The molecule has 2 fully saturated rings. The first-order valence-corrected chi connectivity index (χ1v) is 18.8. The maximum absolute atomic E-state index is 13.5. The van der Waals surface area contributed by atoms with Crippen molar-refractivity contribution in [1.82, 2.24) is 35.0 Å². The Balaban J connectivity index is 1.10. The van der Waals surface area contributed by atoms with Gasteiger partial charge in [0, 0.05) is 49.4 Å². The van der Waals surface area contributed by atoms with Gasteiger partial charge in [0.2, 0.25) is 11.8 Å². The molecule has 3 aliphatic rings. The van der Waals surface area contributed by atoms with Crippen molar-refractivity contribution in [2.24, 2.45) is 16.8 Å². The van der Waals surface area contributed by atoms with E-state index < -0.39 is 24.3 Å². The van der Waals surface area contributed by atoms with Crippen molar-refractivity contribution in [2.45, 2.75) is 84.0 Å². The Labute approximate surface area is 320 Å². The summed E-state index contributed by atoms with van der Waals surface area (Å²) in [6, 6.07) is 9.22. The number of imidazole rings is 1. The van der Waals surface area contributed by atoms with Gasteiger partial charge in [0.05, 0.1) is 38.2 Å². The number of hydrogen-bond acceptors (Lipinski definition) is 9. The van der Waals surface area contributed by atoms with Crippen LogP contribution in [0, 0.1) is 11.8 Å². The van der Waals surface area contributed by atoms with E-state index in [1.54, 1.807) is 34.1 Å². The molecule has 0 spiro atoms. The molecule has 3 N–H and O–H groups in total. The maximum Gasteiger partial charge on any atom is 0.407 e. The van der Waals surface area contributed by atoms with Crippen LogP contribution in [0.3, 0.4) is 0 Å². The van der Waals surface area contributed by atoms with E-state index in [-0.39, 0.29) is 41.3 Å². The van der Waals surface area contributed by atoms with Crippen molar-refractivity contribution in [3.8, 4) is 16.9 Å². The first-order chi connectivity index (χ1) is 26.4. The molecular weight excluding hydrogens is 704 g/mol. The smallest absolute Gasteiger partial charge is 0.407 e. The van der Waals surface area contributed by atoms with Crippen LogP contribution < -0.4 is 16.2 Å². The van der Waals surface area contributed by atoms with E-state index in [4.69, 9.17) is 14.5 Å². The average molecular weight is 755 g/mol. The number of pyridine rings is 1. The van der Waals surface area contributed by atoms with Gasteiger partial charge in [-0.05, 0) is 72.4 Å². The number of aromatic amines is 1. The molecule has 0 saturated carbocycles. The molecule has 55 heavy (non-hydrogen) atoms. The molecule has 15 nitrogen and oxygen atoms in total. The molecule has 2 aromatic heterocycles. The SMILES string of the molecule is COC(=O)NC(C(=O)N1CCC[C@H]1C1=NC=C(c2ccn(-c3ccc(-c4cnc([C@@H]5CCCN5C(=O)[C@@H](NC(=O)OC)C(C)C)[nH]4)cc3)c(=O)c2)C1)C(C)C. The molecule has 3 aromatic rings. The van der Waals surface area contributed by atoms with Gasteiger partial charge in [-0.25, -0.2) is 14.6 Å². The monoisotopic (exact) mass is 754 g/mol. The lowest BCUT2D eigenvalue weighted by atomic mass is 9.98. The van der Waals surface area contributed by atoms with Crippen LogP contribution in [0.1, 0.15) is 77.2 Å². The molecule has 292 valence electrons. The number of amides is 4. The zero-order valence-corrected chi connectivity index (χ0v) is 32.2. The molecular formula is C40H50N8O7. The van der Waals surface area contributed by atoms with Crippen LogP contribution >= 0.6 is 0 Å². The Morgan fingerprint density at radius 2 is 1.40 bits per heavy atom. The summed E-state index contributed by atoms with van der Waals surface area (Å²) in [4.78, 5) is 80.6. The summed E-state index contributed by atoms with van der Waals surface area (Å²) in [7, 11) is 2.55. The van der Waals surface area contributed by atoms with E-state index in [1.807, 2.05) is 62.9 Å².